The molecule has 0 aromatic heterocycles. The fourth-order valence-corrected chi connectivity index (χ4v) is 3.95. The molecule has 0 N–H and O–H groups in total. The Bertz CT molecular complexity index is 210. The van der Waals surface area contributed by atoms with Gasteiger partial charge < -0.3 is 0 Å². The van der Waals surface area contributed by atoms with Crippen LogP contribution in [0.3, 0.4) is 0 Å². The van der Waals surface area contributed by atoms with Gasteiger partial charge in [0, 0.05) is 3.92 Å². The second-order valence-corrected chi connectivity index (χ2v) is 9.14. The first-order chi connectivity index (χ1) is 9.10. The fraction of sp³-hybridized carbons (Fsp3) is 1.00. The van der Waals surface area contributed by atoms with Gasteiger partial charge in [-0.05, 0) is 31.1 Å². The highest BCUT2D eigenvalue weighted by atomic mass is 127. The lowest BCUT2D eigenvalue weighted by Gasteiger charge is -2.26. The average molecular weight is 378 g/mol. The Balaban J connectivity index is 2.30. The van der Waals surface area contributed by atoms with E-state index in [4.69, 9.17) is 0 Å². The molecule has 1 fully saturated rings. The van der Waals surface area contributed by atoms with Crippen LogP contribution in [0.15, 0.2) is 0 Å². The maximum Gasteiger partial charge on any atom is 0.0110 e. The van der Waals surface area contributed by atoms with Crippen molar-refractivity contribution in [3.05, 3.63) is 0 Å². The molecular weight excluding hydrogens is 343 g/mol. The minimum atomic E-state index is 0.584. The van der Waals surface area contributed by atoms with Gasteiger partial charge in [-0.3, -0.25) is 0 Å². The minimum Gasteiger partial charge on any atom is -0.0826 e. The van der Waals surface area contributed by atoms with E-state index < -0.39 is 0 Å². The van der Waals surface area contributed by atoms with E-state index in [1.807, 2.05) is 0 Å². The van der Waals surface area contributed by atoms with Crippen molar-refractivity contribution in [2.45, 2.75) is 108 Å². The molecule has 1 aliphatic rings. The van der Waals surface area contributed by atoms with E-state index in [0.29, 0.717) is 5.41 Å². The van der Waals surface area contributed by atoms with Crippen molar-refractivity contribution >= 4 is 22.6 Å². The topological polar surface area (TPSA) is 0 Å². The predicted molar refractivity (Wildman–Crippen MR) is 96.2 cm³/mol. The Kier molecular flexibility index (Phi) is 9.78. The Morgan fingerprint density at radius 2 is 1.11 bits per heavy atom. The molecule has 1 atom stereocenters. The van der Waals surface area contributed by atoms with Crippen LogP contribution >= 0.6 is 22.6 Å². The first-order valence-electron chi connectivity index (χ1n) is 8.74. The summed E-state index contributed by atoms with van der Waals surface area (Å²) in [6.07, 6.45) is 20.5. The van der Waals surface area contributed by atoms with E-state index in [-0.39, 0.29) is 0 Å². The summed E-state index contributed by atoms with van der Waals surface area (Å²) in [4.78, 5) is 0. The SMILES string of the molecule is CC1(C)CCCCCCCCCCCCC(I)CC1. The first kappa shape index (κ1) is 17.8. The van der Waals surface area contributed by atoms with Gasteiger partial charge in [0.25, 0.3) is 0 Å². The molecule has 0 aromatic carbocycles. The Labute approximate surface area is 135 Å². The third-order valence-corrected chi connectivity index (χ3v) is 6.00. The third-order valence-electron chi connectivity index (χ3n) is 4.76. The summed E-state index contributed by atoms with van der Waals surface area (Å²) < 4.78 is 0.921. The first-order valence-corrected chi connectivity index (χ1v) is 9.99. The molecule has 0 radical (unpaired) electrons. The highest BCUT2D eigenvalue weighted by molar-refractivity contribution is 14.1. The van der Waals surface area contributed by atoms with E-state index >= 15 is 0 Å². The van der Waals surface area contributed by atoms with Crippen molar-refractivity contribution in [3.63, 3.8) is 0 Å². The molecule has 0 aromatic rings. The van der Waals surface area contributed by atoms with Crippen molar-refractivity contribution in [1.29, 1.82) is 0 Å². The summed E-state index contributed by atoms with van der Waals surface area (Å²) in [5.41, 5.74) is 0.584. The molecule has 114 valence electrons. The molecule has 0 amide bonds. The zero-order valence-electron chi connectivity index (χ0n) is 13.4. The average Bonchev–Trinajstić information content (AvgIpc) is 2.36. The van der Waals surface area contributed by atoms with Crippen LogP contribution in [0.25, 0.3) is 0 Å². The van der Waals surface area contributed by atoms with Crippen LogP contribution in [0.1, 0.15) is 104 Å². The third kappa shape index (κ3) is 10.1. The van der Waals surface area contributed by atoms with Crippen molar-refractivity contribution in [1.82, 2.24) is 0 Å². The van der Waals surface area contributed by atoms with E-state index in [2.05, 4.69) is 36.4 Å². The lowest BCUT2D eigenvalue weighted by atomic mass is 9.81. The normalized spacial score (nSPS) is 28.9. The monoisotopic (exact) mass is 378 g/mol. The quantitative estimate of drug-likeness (QED) is 0.307. The number of halogens is 1. The number of alkyl halides is 1. The second kappa shape index (κ2) is 10.5. The number of hydrogen-bond acceptors (Lipinski definition) is 0. The summed E-state index contributed by atoms with van der Waals surface area (Å²) in [6.45, 7) is 4.97. The highest BCUT2D eigenvalue weighted by Crippen LogP contribution is 2.32. The Morgan fingerprint density at radius 1 is 0.632 bits per heavy atom. The van der Waals surface area contributed by atoms with E-state index in [9.17, 15) is 0 Å². The van der Waals surface area contributed by atoms with Gasteiger partial charge in [-0.1, -0.05) is 101 Å². The molecule has 1 saturated carbocycles. The van der Waals surface area contributed by atoms with Gasteiger partial charge in [0.15, 0.2) is 0 Å². The summed E-state index contributed by atoms with van der Waals surface area (Å²) >= 11 is 2.70. The van der Waals surface area contributed by atoms with Crippen LogP contribution in [0.4, 0.5) is 0 Å². The maximum atomic E-state index is 2.70. The summed E-state index contributed by atoms with van der Waals surface area (Å²) in [7, 11) is 0. The molecular formula is C18H35I. The molecule has 1 heteroatoms. The van der Waals surface area contributed by atoms with Gasteiger partial charge >= 0.3 is 0 Å². The molecule has 0 saturated heterocycles. The molecule has 0 aliphatic heterocycles. The van der Waals surface area contributed by atoms with Crippen LogP contribution < -0.4 is 0 Å². The van der Waals surface area contributed by atoms with Crippen LogP contribution in [0, 0.1) is 5.41 Å². The smallest absolute Gasteiger partial charge is 0.0110 e. The molecule has 0 spiro atoms. The summed E-state index contributed by atoms with van der Waals surface area (Å²) in [6, 6.07) is 0. The van der Waals surface area contributed by atoms with Gasteiger partial charge in [0.2, 0.25) is 0 Å². The lowest BCUT2D eigenvalue weighted by molar-refractivity contribution is 0.284. The molecule has 1 rings (SSSR count). The van der Waals surface area contributed by atoms with Gasteiger partial charge in [-0.2, -0.15) is 0 Å². The van der Waals surface area contributed by atoms with Gasteiger partial charge in [-0.15, -0.1) is 0 Å². The summed E-state index contributed by atoms with van der Waals surface area (Å²) in [5.74, 6) is 0. The van der Waals surface area contributed by atoms with Crippen molar-refractivity contribution in [2.75, 3.05) is 0 Å². The molecule has 1 aliphatic carbocycles. The van der Waals surface area contributed by atoms with Crippen molar-refractivity contribution in [3.8, 4) is 0 Å². The van der Waals surface area contributed by atoms with Gasteiger partial charge in [-0.25, -0.2) is 0 Å². The van der Waals surface area contributed by atoms with Crippen LogP contribution in [-0.2, 0) is 0 Å². The number of hydrogen-bond donors (Lipinski definition) is 0. The lowest BCUT2D eigenvalue weighted by Crippen LogP contribution is -2.13. The molecule has 19 heavy (non-hydrogen) atoms. The van der Waals surface area contributed by atoms with Crippen molar-refractivity contribution in [2.24, 2.45) is 5.41 Å². The Morgan fingerprint density at radius 3 is 1.68 bits per heavy atom. The van der Waals surface area contributed by atoms with Gasteiger partial charge in [0.1, 0.15) is 0 Å². The van der Waals surface area contributed by atoms with E-state index in [0.717, 1.165) is 3.92 Å². The fourth-order valence-electron chi connectivity index (χ4n) is 3.20. The number of rotatable bonds is 0. The maximum absolute atomic E-state index is 2.70. The second-order valence-electron chi connectivity index (χ2n) is 7.37. The van der Waals surface area contributed by atoms with E-state index in [1.165, 1.54) is 89.9 Å². The van der Waals surface area contributed by atoms with Crippen LogP contribution in [-0.4, -0.2) is 3.92 Å². The minimum absolute atomic E-state index is 0.584. The molecule has 1 unspecified atom stereocenters. The standard InChI is InChI=1S/C18H35I/c1-18(2)15-12-10-8-6-4-3-5-7-9-11-13-17(19)14-16-18/h17H,3-16H2,1-2H3. The van der Waals surface area contributed by atoms with Crippen molar-refractivity contribution < 1.29 is 0 Å². The summed E-state index contributed by atoms with van der Waals surface area (Å²) in [5, 5.41) is 0. The highest BCUT2D eigenvalue weighted by Gasteiger charge is 2.18. The zero-order chi connectivity index (χ0) is 14.0. The largest absolute Gasteiger partial charge is 0.0826 e. The molecule has 0 heterocycles. The zero-order valence-corrected chi connectivity index (χ0v) is 15.5. The Hall–Kier alpha value is 0.730. The van der Waals surface area contributed by atoms with Crippen LogP contribution in [0.2, 0.25) is 0 Å². The van der Waals surface area contributed by atoms with Gasteiger partial charge in [0.05, 0.1) is 0 Å². The predicted octanol–water partition coefficient (Wildman–Crippen LogP) is 7.29. The van der Waals surface area contributed by atoms with E-state index in [1.54, 1.807) is 0 Å². The van der Waals surface area contributed by atoms with Crippen LogP contribution in [0.5, 0.6) is 0 Å². The molecule has 0 bridgehead atoms. The molecule has 0 nitrogen and oxygen atoms in total.